The van der Waals surface area contributed by atoms with Crippen molar-refractivity contribution in [2.75, 3.05) is 20.8 Å². The fourth-order valence-electron chi connectivity index (χ4n) is 4.43. The van der Waals surface area contributed by atoms with Gasteiger partial charge in [-0.1, -0.05) is 94.4 Å². The van der Waals surface area contributed by atoms with Crippen molar-refractivity contribution < 1.29 is 33.0 Å². The highest BCUT2D eigenvalue weighted by atomic mass is 28.4. The van der Waals surface area contributed by atoms with Crippen LogP contribution < -0.4 is 10.4 Å². The van der Waals surface area contributed by atoms with Crippen LogP contribution in [0.15, 0.2) is 72.8 Å². The molecule has 0 aromatic heterocycles. The standard InChI is InChI=1S/C29H38O7Si/c1-8-25(30)36-24(29(5,26(31)33-6)27(32)34-7)20-15-21-35-37(28(2,3)4,22-16-11-9-12-17-22)23-18-13-10-14-19-23/h9-20,24H,8,21H2,1-7H3/b20-15+/t24-/m0/s1. The summed E-state index contributed by atoms with van der Waals surface area (Å²) in [7, 11) is -0.476. The molecule has 0 radical (unpaired) electrons. The minimum absolute atomic E-state index is 0.0708. The van der Waals surface area contributed by atoms with E-state index in [1.807, 2.05) is 36.4 Å². The minimum atomic E-state index is -2.81. The highest BCUT2D eigenvalue weighted by molar-refractivity contribution is 6.99. The van der Waals surface area contributed by atoms with Gasteiger partial charge in [0, 0.05) is 6.42 Å². The van der Waals surface area contributed by atoms with Gasteiger partial charge in [-0.05, 0) is 28.4 Å². The first-order valence-corrected chi connectivity index (χ1v) is 14.2. The smallest absolute Gasteiger partial charge is 0.327 e. The summed E-state index contributed by atoms with van der Waals surface area (Å²) in [6.07, 6.45) is 2.00. The molecule has 0 amide bonds. The van der Waals surface area contributed by atoms with E-state index in [2.05, 4.69) is 45.0 Å². The lowest BCUT2D eigenvalue weighted by molar-refractivity contribution is -0.179. The lowest BCUT2D eigenvalue weighted by atomic mass is 9.83. The molecule has 200 valence electrons. The maximum Gasteiger partial charge on any atom is 0.327 e. The first-order chi connectivity index (χ1) is 17.5. The third-order valence-corrected chi connectivity index (χ3v) is 11.5. The second kappa shape index (κ2) is 12.8. The average molecular weight is 527 g/mol. The van der Waals surface area contributed by atoms with Gasteiger partial charge in [-0.25, -0.2) is 0 Å². The summed E-state index contributed by atoms with van der Waals surface area (Å²) in [5.74, 6) is -2.31. The van der Waals surface area contributed by atoms with Gasteiger partial charge in [-0.15, -0.1) is 0 Å². The van der Waals surface area contributed by atoms with Crippen LogP contribution in [0.3, 0.4) is 0 Å². The molecule has 0 saturated heterocycles. The molecule has 0 spiro atoms. The summed E-state index contributed by atoms with van der Waals surface area (Å²) >= 11 is 0. The van der Waals surface area contributed by atoms with Crippen LogP contribution in [0.4, 0.5) is 0 Å². The van der Waals surface area contributed by atoms with Gasteiger partial charge in [0.1, 0.15) is 6.10 Å². The molecular formula is C29H38O7Si. The van der Waals surface area contributed by atoms with Crippen molar-refractivity contribution in [3.05, 3.63) is 72.8 Å². The third-order valence-electron chi connectivity index (χ3n) is 6.46. The van der Waals surface area contributed by atoms with Crippen molar-refractivity contribution in [2.45, 2.75) is 52.2 Å². The Balaban J connectivity index is 2.51. The molecule has 2 aromatic rings. The van der Waals surface area contributed by atoms with Crippen LogP contribution in [0.1, 0.15) is 41.0 Å². The quantitative estimate of drug-likeness (QED) is 0.145. The van der Waals surface area contributed by atoms with Crippen molar-refractivity contribution in [2.24, 2.45) is 5.41 Å². The van der Waals surface area contributed by atoms with E-state index < -0.39 is 37.7 Å². The van der Waals surface area contributed by atoms with Crippen molar-refractivity contribution in [3.63, 3.8) is 0 Å². The van der Waals surface area contributed by atoms with Gasteiger partial charge in [0.25, 0.3) is 8.32 Å². The number of hydrogen-bond donors (Lipinski definition) is 0. The Morgan fingerprint density at radius 1 is 0.838 bits per heavy atom. The van der Waals surface area contributed by atoms with Crippen LogP contribution in [0.25, 0.3) is 0 Å². The number of hydrogen-bond acceptors (Lipinski definition) is 7. The summed E-state index contributed by atoms with van der Waals surface area (Å²) in [6.45, 7) is 9.63. The number of benzene rings is 2. The highest BCUT2D eigenvalue weighted by Crippen LogP contribution is 2.37. The Labute approximate surface area is 220 Å². The summed E-state index contributed by atoms with van der Waals surface area (Å²) < 4.78 is 22.1. The predicted octanol–water partition coefficient (Wildman–Crippen LogP) is 3.79. The maximum atomic E-state index is 12.7. The maximum absolute atomic E-state index is 12.7. The van der Waals surface area contributed by atoms with Gasteiger partial charge >= 0.3 is 17.9 Å². The zero-order valence-corrected chi connectivity index (χ0v) is 23.8. The van der Waals surface area contributed by atoms with Gasteiger partial charge in [0.15, 0.2) is 0 Å². The van der Waals surface area contributed by atoms with E-state index in [1.54, 1.807) is 13.0 Å². The minimum Gasteiger partial charge on any atom is -0.468 e. The first-order valence-electron chi connectivity index (χ1n) is 12.3. The Morgan fingerprint density at radius 2 is 1.30 bits per heavy atom. The van der Waals surface area contributed by atoms with Crippen LogP contribution in [0.5, 0.6) is 0 Å². The number of esters is 3. The summed E-state index contributed by atoms with van der Waals surface area (Å²) in [4.78, 5) is 37.5. The number of rotatable bonds is 11. The number of ether oxygens (including phenoxy) is 3. The van der Waals surface area contributed by atoms with E-state index in [4.69, 9.17) is 18.6 Å². The topological polar surface area (TPSA) is 88.1 Å². The fourth-order valence-corrected chi connectivity index (χ4v) is 8.93. The first kappa shape index (κ1) is 30.0. The molecule has 0 bridgehead atoms. The van der Waals surface area contributed by atoms with Crippen LogP contribution in [-0.4, -0.2) is 53.2 Å². The molecule has 0 unspecified atom stereocenters. The molecule has 0 aliphatic heterocycles. The number of carbonyl (C=O) groups is 3. The van der Waals surface area contributed by atoms with E-state index in [9.17, 15) is 14.4 Å². The summed E-state index contributed by atoms with van der Waals surface area (Å²) in [5.41, 5.74) is -1.89. The third kappa shape index (κ3) is 6.37. The molecule has 0 heterocycles. The van der Waals surface area contributed by atoms with E-state index in [-0.39, 0.29) is 18.1 Å². The normalized spacial score (nSPS) is 13.2. The Hall–Kier alpha value is -3.23. The van der Waals surface area contributed by atoms with Gasteiger partial charge in [-0.3, -0.25) is 14.4 Å². The highest BCUT2D eigenvalue weighted by Gasteiger charge is 2.52. The zero-order chi connectivity index (χ0) is 27.7. The Kier molecular flexibility index (Phi) is 10.4. The molecule has 0 aliphatic rings. The lowest BCUT2D eigenvalue weighted by Crippen LogP contribution is -2.66. The lowest BCUT2D eigenvalue weighted by Gasteiger charge is -2.42. The molecule has 1 atom stereocenters. The molecule has 0 fully saturated rings. The van der Waals surface area contributed by atoms with E-state index in [1.165, 1.54) is 13.0 Å². The Morgan fingerprint density at radius 3 is 1.68 bits per heavy atom. The van der Waals surface area contributed by atoms with Gasteiger partial charge in [-0.2, -0.15) is 0 Å². The van der Waals surface area contributed by atoms with Crippen LogP contribution >= 0.6 is 0 Å². The molecule has 0 aliphatic carbocycles. The van der Waals surface area contributed by atoms with Gasteiger partial charge < -0.3 is 18.6 Å². The number of methoxy groups -OCH3 is 2. The zero-order valence-electron chi connectivity index (χ0n) is 22.8. The molecular weight excluding hydrogens is 488 g/mol. The van der Waals surface area contributed by atoms with E-state index in [0.717, 1.165) is 24.6 Å². The predicted molar refractivity (Wildman–Crippen MR) is 145 cm³/mol. The van der Waals surface area contributed by atoms with Gasteiger partial charge in [0.2, 0.25) is 5.41 Å². The van der Waals surface area contributed by atoms with Crippen LogP contribution in [0.2, 0.25) is 5.04 Å². The molecule has 2 aromatic carbocycles. The number of carbonyl (C=O) groups excluding carboxylic acids is 3. The molecule has 37 heavy (non-hydrogen) atoms. The second-order valence-corrected chi connectivity index (χ2v) is 14.2. The molecule has 2 rings (SSSR count). The van der Waals surface area contributed by atoms with Gasteiger partial charge in [0.05, 0.1) is 20.8 Å². The van der Waals surface area contributed by atoms with Crippen molar-refractivity contribution in [3.8, 4) is 0 Å². The SMILES string of the molecule is CCC(=O)O[C@@H](/C=C/CO[Si](c1ccccc1)(c1ccccc1)C(C)(C)C)C(C)(C(=O)OC)C(=O)OC. The average Bonchev–Trinajstić information content (AvgIpc) is 2.91. The van der Waals surface area contributed by atoms with E-state index >= 15 is 0 Å². The largest absolute Gasteiger partial charge is 0.468 e. The van der Waals surface area contributed by atoms with Crippen molar-refractivity contribution in [1.29, 1.82) is 0 Å². The van der Waals surface area contributed by atoms with Crippen LogP contribution in [0, 0.1) is 5.41 Å². The van der Waals surface area contributed by atoms with E-state index in [0.29, 0.717) is 0 Å². The molecule has 8 heteroatoms. The van der Waals surface area contributed by atoms with Crippen molar-refractivity contribution in [1.82, 2.24) is 0 Å². The monoisotopic (exact) mass is 526 g/mol. The van der Waals surface area contributed by atoms with Crippen LogP contribution in [-0.2, 0) is 33.0 Å². The fraction of sp³-hybridized carbons (Fsp3) is 0.414. The summed E-state index contributed by atoms with van der Waals surface area (Å²) in [5, 5.41) is 2.00. The molecule has 0 N–H and O–H groups in total. The second-order valence-electron chi connectivity index (χ2n) is 9.85. The molecule has 7 nitrogen and oxygen atoms in total. The molecule has 0 saturated carbocycles. The Bertz CT molecular complexity index is 1020. The summed E-state index contributed by atoms with van der Waals surface area (Å²) in [6, 6.07) is 20.3. The van der Waals surface area contributed by atoms with Crippen molar-refractivity contribution >= 4 is 36.6 Å².